The third-order valence-electron chi connectivity index (χ3n) is 2.54. The summed E-state index contributed by atoms with van der Waals surface area (Å²) < 4.78 is 4.94. The lowest BCUT2D eigenvalue weighted by atomic mass is 10.1. The first-order valence-corrected chi connectivity index (χ1v) is 6.75. The first kappa shape index (κ1) is 18.9. The number of nitrogens with one attached hydrogen (secondary N) is 2. The predicted molar refractivity (Wildman–Crippen MR) is 85.3 cm³/mol. The van der Waals surface area contributed by atoms with Crippen molar-refractivity contribution in [2.75, 3.05) is 39.7 Å². The fourth-order valence-corrected chi connectivity index (χ4v) is 1.52. The summed E-state index contributed by atoms with van der Waals surface area (Å²) in [5.74, 6) is 0.212. The molecular formula is C14H24N4O3. The van der Waals surface area contributed by atoms with E-state index in [9.17, 15) is 10.1 Å². The molecule has 0 amide bonds. The van der Waals surface area contributed by atoms with Gasteiger partial charge in [-0.2, -0.15) is 0 Å². The fraction of sp³-hybridized carbons (Fsp3) is 0.500. The quantitative estimate of drug-likeness (QED) is 0.277. The van der Waals surface area contributed by atoms with Crippen LogP contribution in [0.4, 0.5) is 11.4 Å². The number of amidine groups is 1. The molecule has 0 saturated carbocycles. The molecule has 0 aliphatic rings. The smallest absolute Gasteiger partial charge is 0.270 e. The van der Waals surface area contributed by atoms with Crippen LogP contribution in [0.2, 0.25) is 0 Å². The van der Waals surface area contributed by atoms with Crippen LogP contribution in [0.15, 0.2) is 18.2 Å². The summed E-state index contributed by atoms with van der Waals surface area (Å²) in [6.45, 7) is 5.09. The Hall–Kier alpha value is -2.15. The molecule has 0 heterocycles. The third-order valence-corrected chi connectivity index (χ3v) is 2.54. The van der Waals surface area contributed by atoms with E-state index in [0.717, 1.165) is 0 Å². The molecule has 0 bridgehead atoms. The molecule has 0 spiro atoms. The molecule has 118 valence electrons. The van der Waals surface area contributed by atoms with Gasteiger partial charge in [0.05, 0.1) is 11.5 Å². The average Bonchev–Trinajstić information content (AvgIpc) is 2.48. The summed E-state index contributed by atoms with van der Waals surface area (Å²) in [4.78, 5) is 11.9. The molecule has 1 aromatic carbocycles. The molecule has 0 aromatic heterocycles. The SMILES string of the molecule is CC.COCCNc1ccc([N+](=O)[O-])cc1C(=N)N(C)C. The minimum Gasteiger partial charge on any atom is -0.383 e. The molecule has 0 radical (unpaired) electrons. The number of nitro groups is 1. The van der Waals surface area contributed by atoms with Crippen LogP contribution in [-0.4, -0.2) is 50.0 Å². The lowest BCUT2D eigenvalue weighted by Gasteiger charge is -2.17. The molecular weight excluding hydrogens is 272 g/mol. The van der Waals surface area contributed by atoms with Crippen molar-refractivity contribution >= 4 is 17.2 Å². The zero-order valence-corrected chi connectivity index (χ0v) is 13.3. The zero-order valence-electron chi connectivity index (χ0n) is 13.3. The number of non-ortho nitro benzene ring substituents is 1. The van der Waals surface area contributed by atoms with Crippen LogP contribution in [0.25, 0.3) is 0 Å². The highest BCUT2D eigenvalue weighted by molar-refractivity contribution is 6.01. The minimum atomic E-state index is -0.467. The lowest BCUT2D eigenvalue weighted by molar-refractivity contribution is -0.384. The Morgan fingerprint density at radius 2 is 2.05 bits per heavy atom. The molecule has 7 nitrogen and oxygen atoms in total. The number of benzene rings is 1. The van der Waals surface area contributed by atoms with E-state index in [-0.39, 0.29) is 11.5 Å². The Bertz CT molecular complexity index is 475. The summed E-state index contributed by atoms with van der Waals surface area (Å²) in [5, 5.41) is 21.9. The summed E-state index contributed by atoms with van der Waals surface area (Å²) in [6.07, 6.45) is 0. The van der Waals surface area contributed by atoms with Crippen LogP contribution in [0.1, 0.15) is 19.4 Å². The van der Waals surface area contributed by atoms with Crippen LogP contribution in [-0.2, 0) is 4.74 Å². The minimum absolute atomic E-state index is 0.0288. The van der Waals surface area contributed by atoms with Crippen LogP contribution in [0.3, 0.4) is 0 Å². The molecule has 0 fully saturated rings. The highest BCUT2D eigenvalue weighted by atomic mass is 16.6. The van der Waals surface area contributed by atoms with E-state index in [0.29, 0.717) is 24.4 Å². The van der Waals surface area contributed by atoms with Gasteiger partial charge in [-0.1, -0.05) is 13.8 Å². The van der Waals surface area contributed by atoms with Gasteiger partial charge in [0.2, 0.25) is 0 Å². The Morgan fingerprint density at radius 1 is 1.43 bits per heavy atom. The Labute approximate surface area is 125 Å². The number of nitrogens with zero attached hydrogens (tertiary/aromatic N) is 2. The largest absolute Gasteiger partial charge is 0.383 e. The summed E-state index contributed by atoms with van der Waals surface area (Å²) in [6, 6.07) is 4.43. The van der Waals surface area contributed by atoms with Gasteiger partial charge < -0.3 is 15.0 Å². The number of ether oxygens (including phenoxy) is 1. The average molecular weight is 296 g/mol. The first-order valence-electron chi connectivity index (χ1n) is 6.75. The van der Waals surface area contributed by atoms with Crippen molar-refractivity contribution in [2.24, 2.45) is 0 Å². The zero-order chi connectivity index (χ0) is 16.4. The molecule has 0 aliphatic heterocycles. The van der Waals surface area contributed by atoms with Crippen molar-refractivity contribution in [1.82, 2.24) is 4.90 Å². The number of hydrogen-bond donors (Lipinski definition) is 2. The third kappa shape index (κ3) is 5.78. The summed E-state index contributed by atoms with van der Waals surface area (Å²) >= 11 is 0. The van der Waals surface area contributed by atoms with E-state index >= 15 is 0 Å². The van der Waals surface area contributed by atoms with Crippen molar-refractivity contribution in [2.45, 2.75) is 13.8 Å². The van der Waals surface area contributed by atoms with Gasteiger partial charge in [-0.15, -0.1) is 0 Å². The molecule has 0 saturated heterocycles. The molecule has 1 aromatic rings. The van der Waals surface area contributed by atoms with Crippen molar-refractivity contribution in [1.29, 1.82) is 5.41 Å². The topological polar surface area (TPSA) is 91.5 Å². The van der Waals surface area contributed by atoms with Gasteiger partial charge in [-0.05, 0) is 6.07 Å². The second-order valence-corrected chi connectivity index (χ2v) is 4.15. The van der Waals surface area contributed by atoms with E-state index in [1.165, 1.54) is 12.1 Å². The van der Waals surface area contributed by atoms with Gasteiger partial charge in [0.15, 0.2) is 0 Å². The van der Waals surface area contributed by atoms with Gasteiger partial charge in [-0.3, -0.25) is 15.5 Å². The number of anilines is 1. The first-order chi connectivity index (χ1) is 9.97. The number of methoxy groups -OCH3 is 1. The van der Waals surface area contributed by atoms with E-state index in [1.807, 2.05) is 13.8 Å². The number of hydrogen-bond acceptors (Lipinski definition) is 5. The highest BCUT2D eigenvalue weighted by Gasteiger charge is 2.15. The van der Waals surface area contributed by atoms with E-state index < -0.39 is 4.92 Å². The number of nitro benzene ring substituents is 1. The van der Waals surface area contributed by atoms with Crippen LogP contribution >= 0.6 is 0 Å². The molecule has 21 heavy (non-hydrogen) atoms. The summed E-state index contributed by atoms with van der Waals surface area (Å²) in [5.41, 5.74) is 1.15. The maximum atomic E-state index is 10.8. The van der Waals surface area contributed by atoms with E-state index in [1.54, 1.807) is 32.2 Å². The maximum absolute atomic E-state index is 10.8. The molecule has 7 heteroatoms. The molecule has 0 aliphatic carbocycles. The second kappa shape index (κ2) is 9.71. The lowest BCUT2D eigenvalue weighted by Crippen LogP contribution is -2.23. The van der Waals surface area contributed by atoms with Crippen molar-refractivity contribution in [3.05, 3.63) is 33.9 Å². The van der Waals surface area contributed by atoms with Gasteiger partial charge in [0, 0.05) is 51.1 Å². The van der Waals surface area contributed by atoms with E-state index in [4.69, 9.17) is 10.1 Å². The number of rotatable bonds is 6. The molecule has 2 N–H and O–H groups in total. The van der Waals surface area contributed by atoms with Crippen molar-refractivity contribution < 1.29 is 9.66 Å². The highest BCUT2D eigenvalue weighted by Crippen LogP contribution is 2.23. The molecule has 0 unspecified atom stereocenters. The molecule has 0 atom stereocenters. The van der Waals surface area contributed by atoms with E-state index in [2.05, 4.69) is 5.32 Å². The van der Waals surface area contributed by atoms with Crippen LogP contribution in [0, 0.1) is 15.5 Å². The Morgan fingerprint density at radius 3 is 2.52 bits per heavy atom. The monoisotopic (exact) mass is 296 g/mol. The van der Waals surface area contributed by atoms with Crippen molar-refractivity contribution in [3.8, 4) is 0 Å². The van der Waals surface area contributed by atoms with Crippen LogP contribution in [0.5, 0.6) is 0 Å². The summed E-state index contributed by atoms with van der Waals surface area (Å²) in [7, 11) is 5.04. The Kier molecular flexibility index (Phi) is 8.71. The van der Waals surface area contributed by atoms with Crippen LogP contribution < -0.4 is 5.32 Å². The predicted octanol–water partition coefficient (Wildman–Crippen LogP) is 2.57. The normalized spacial score (nSPS) is 9.38. The molecule has 1 rings (SSSR count). The van der Waals surface area contributed by atoms with Gasteiger partial charge in [0.25, 0.3) is 5.69 Å². The van der Waals surface area contributed by atoms with Crippen molar-refractivity contribution in [3.63, 3.8) is 0 Å². The Balaban J connectivity index is 0.00000191. The van der Waals surface area contributed by atoms with Gasteiger partial charge in [-0.25, -0.2) is 0 Å². The fourth-order valence-electron chi connectivity index (χ4n) is 1.52. The van der Waals surface area contributed by atoms with Gasteiger partial charge >= 0.3 is 0 Å². The second-order valence-electron chi connectivity index (χ2n) is 4.15. The standard InChI is InChI=1S/C12H18N4O3.C2H6/c1-15(2)12(13)10-8-9(16(17)18)4-5-11(10)14-6-7-19-3;1-2/h4-5,8,13-14H,6-7H2,1-3H3;1-2H3. The maximum Gasteiger partial charge on any atom is 0.270 e. The van der Waals surface area contributed by atoms with Gasteiger partial charge in [0.1, 0.15) is 5.84 Å².